The van der Waals surface area contributed by atoms with Crippen molar-refractivity contribution in [3.8, 4) is 5.69 Å². The van der Waals surface area contributed by atoms with E-state index in [1.807, 2.05) is 89.8 Å². The zero-order valence-electron chi connectivity index (χ0n) is 20.8. The van der Waals surface area contributed by atoms with Gasteiger partial charge in [0.2, 0.25) is 0 Å². The summed E-state index contributed by atoms with van der Waals surface area (Å²) in [6.45, 7) is 0.517. The molecule has 0 spiro atoms. The Labute approximate surface area is 222 Å². The molecule has 4 heterocycles. The number of carbonyl (C=O) groups excluding carboxylic acids is 2. The largest absolute Gasteiger partial charge is 0.396 e. The van der Waals surface area contributed by atoms with Crippen LogP contribution in [0.5, 0.6) is 0 Å². The molecule has 8 heteroatoms. The van der Waals surface area contributed by atoms with Gasteiger partial charge in [-0.2, -0.15) is 5.10 Å². The van der Waals surface area contributed by atoms with Gasteiger partial charge in [0.05, 0.1) is 39.6 Å². The third kappa shape index (κ3) is 3.65. The minimum atomic E-state index is -0.475. The zero-order valence-corrected chi connectivity index (χ0v) is 20.8. The highest BCUT2D eigenvalue weighted by molar-refractivity contribution is 6.50. The standard InChI is InChI=1S/C31H23N5O3/c37-15-7-14-36-26-13-6-3-10-22(26)29(34-36)28-27(30(38)33-31(28)39)23-18-35(25-12-5-2-9-21(23)25)20-16-19-8-1-4-11-24(19)32-17-20/h1-6,8-13,16-18,37H,7,14-15H2,(H,33,38,39). The molecule has 2 N–H and O–H groups in total. The number of aromatic nitrogens is 4. The summed E-state index contributed by atoms with van der Waals surface area (Å²) in [5.41, 5.74) is 5.11. The van der Waals surface area contributed by atoms with E-state index < -0.39 is 11.8 Å². The lowest BCUT2D eigenvalue weighted by Gasteiger charge is -2.06. The lowest BCUT2D eigenvalue weighted by Crippen LogP contribution is -2.22. The summed E-state index contributed by atoms with van der Waals surface area (Å²) in [6.07, 6.45) is 4.23. The third-order valence-electron chi connectivity index (χ3n) is 7.19. The molecule has 190 valence electrons. The van der Waals surface area contributed by atoms with E-state index >= 15 is 0 Å². The van der Waals surface area contributed by atoms with Crippen LogP contribution in [0.3, 0.4) is 0 Å². The van der Waals surface area contributed by atoms with Crippen molar-refractivity contribution < 1.29 is 14.7 Å². The van der Waals surface area contributed by atoms with Crippen LogP contribution in [-0.4, -0.2) is 42.9 Å². The van der Waals surface area contributed by atoms with Gasteiger partial charge in [-0.25, -0.2) is 0 Å². The maximum absolute atomic E-state index is 13.4. The minimum Gasteiger partial charge on any atom is -0.396 e. The summed E-state index contributed by atoms with van der Waals surface area (Å²) in [6, 6.07) is 25.4. The van der Waals surface area contributed by atoms with Gasteiger partial charge in [0.25, 0.3) is 11.8 Å². The van der Waals surface area contributed by atoms with Gasteiger partial charge < -0.3 is 9.67 Å². The molecule has 3 aromatic carbocycles. The van der Waals surface area contributed by atoms with Gasteiger partial charge in [0.1, 0.15) is 5.69 Å². The number of aliphatic hydroxyl groups excluding tert-OH is 1. The Morgan fingerprint density at radius 2 is 1.54 bits per heavy atom. The number of para-hydroxylation sites is 3. The highest BCUT2D eigenvalue weighted by Crippen LogP contribution is 2.38. The Morgan fingerprint density at radius 1 is 0.821 bits per heavy atom. The quantitative estimate of drug-likeness (QED) is 0.320. The third-order valence-corrected chi connectivity index (χ3v) is 7.19. The highest BCUT2D eigenvalue weighted by Gasteiger charge is 2.36. The maximum atomic E-state index is 13.4. The van der Waals surface area contributed by atoms with E-state index in [1.165, 1.54) is 0 Å². The molecule has 1 aliphatic heterocycles. The number of amides is 2. The van der Waals surface area contributed by atoms with Gasteiger partial charge >= 0.3 is 0 Å². The number of hydrogen-bond acceptors (Lipinski definition) is 5. The van der Waals surface area contributed by atoms with E-state index in [1.54, 1.807) is 4.68 Å². The van der Waals surface area contributed by atoms with Crippen molar-refractivity contribution in [3.05, 3.63) is 103 Å². The number of carbonyl (C=O) groups is 2. The number of imide groups is 1. The molecule has 3 aromatic heterocycles. The highest BCUT2D eigenvalue weighted by atomic mass is 16.3. The molecular weight excluding hydrogens is 490 g/mol. The number of aliphatic hydroxyl groups is 1. The molecule has 39 heavy (non-hydrogen) atoms. The fourth-order valence-electron chi connectivity index (χ4n) is 5.42. The zero-order chi connectivity index (χ0) is 26.5. The van der Waals surface area contributed by atoms with Crippen molar-refractivity contribution in [3.63, 3.8) is 0 Å². The molecule has 0 saturated carbocycles. The van der Waals surface area contributed by atoms with Crippen LogP contribution in [-0.2, 0) is 16.1 Å². The van der Waals surface area contributed by atoms with Crippen molar-refractivity contribution in [1.29, 1.82) is 0 Å². The lowest BCUT2D eigenvalue weighted by atomic mass is 9.97. The van der Waals surface area contributed by atoms with Crippen LogP contribution in [0.2, 0.25) is 0 Å². The molecule has 0 saturated heterocycles. The van der Waals surface area contributed by atoms with Crippen LogP contribution in [0.25, 0.3) is 49.5 Å². The molecular formula is C31H23N5O3. The fraction of sp³-hybridized carbons (Fsp3) is 0.0968. The molecule has 2 amide bonds. The normalized spacial score (nSPS) is 13.8. The van der Waals surface area contributed by atoms with Gasteiger partial charge in [-0.3, -0.25) is 24.6 Å². The maximum Gasteiger partial charge on any atom is 0.261 e. The van der Waals surface area contributed by atoms with Crippen molar-refractivity contribution >= 4 is 55.7 Å². The summed E-state index contributed by atoms with van der Waals surface area (Å²) in [4.78, 5) is 31.3. The van der Waals surface area contributed by atoms with Crippen LogP contribution in [0.1, 0.15) is 17.7 Å². The molecule has 1 aliphatic rings. The average Bonchev–Trinajstić information content (AvgIpc) is 3.62. The summed E-state index contributed by atoms with van der Waals surface area (Å²) in [5, 5.41) is 19.3. The van der Waals surface area contributed by atoms with E-state index in [9.17, 15) is 14.7 Å². The van der Waals surface area contributed by atoms with Crippen LogP contribution in [0.4, 0.5) is 0 Å². The Bertz CT molecular complexity index is 1980. The van der Waals surface area contributed by atoms with Crippen LogP contribution in [0.15, 0.2) is 91.3 Å². The van der Waals surface area contributed by atoms with Crippen molar-refractivity contribution in [2.45, 2.75) is 13.0 Å². The topological polar surface area (TPSA) is 102 Å². The van der Waals surface area contributed by atoms with Gasteiger partial charge in [0, 0.05) is 41.1 Å². The van der Waals surface area contributed by atoms with E-state index in [0.29, 0.717) is 29.8 Å². The van der Waals surface area contributed by atoms with E-state index in [0.717, 1.165) is 38.4 Å². The second kappa shape index (κ2) is 9.04. The van der Waals surface area contributed by atoms with Gasteiger partial charge in [0.15, 0.2) is 0 Å². The molecule has 0 aliphatic carbocycles. The van der Waals surface area contributed by atoms with Gasteiger partial charge in [-0.15, -0.1) is 0 Å². The number of benzene rings is 3. The number of pyridine rings is 1. The fourth-order valence-corrected chi connectivity index (χ4v) is 5.42. The molecule has 8 nitrogen and oxygen atoms in total. The number of hydrogen-bond donors (Lipinski definition) is 2. The first-order valence-electron chi connectivity index (χ1n) is 12.8. The average molecular weight is 514 g/mol. The first kappa shape index (κ1) is 23.1. The van der Waals surface area contributed by atoms with Crippen molar-refractivity contribution in [2.24, 2.45) is 0 Å². The second-order valence-corrected chi connectivity index (χ2v) is 9.52. The first-order valence-corrected chi connectivity index (χ1v) is 12.8. The summed E-state index contributed by atoms with van der Waals surface area (Å²) in [7, 11) is 0. The SMILES string of the molecule is O=C1NC(=O)C(c2nn(CCCO)c3ccccc23)=C1c1cn(-c2cnc3ccccc3c2)c2ccccc12. The van der Waals surface area contributed by atoms with Crippen molar-refractivity contribution in [2.75, 3.05) is 6.61 Å². The Hall–Kier alpha value is -5.08. The number of nitrogens with zero attached hydrogens (tertiary/aromatic N) is 4. The summed E-state index contributed by atoms with van der Waals surface area (Å²) >= 11 is 0. The number of fused-ring (bicyclic) bond motifs is 3. The van der Waals surface area contributed by atoms with E-state index in [2.05, 4.69) is 16.4 Å². The summed E-state index contributed by atoms with van der Waals surface area (Å²) in [5.74, 6) is -0.930. The Morgan fingerprint density at radius 3 is 2.38 bits per heavy atom. The number of aryl methyl sites for hydroxylation is 1. The lowest BCUT2D eigenvalue weighted by molar-refractivity contribution is -0.122. The molecule has 0 unspecified atom stereocenters. The molecule has 7 rings (SSSR count). The van der Waals surface area contributed by atoms with Crippen LogP contribution >= 0.6 is 0 Å². The van der Waals surface area contributed by atoms with Gasteiger partial charge in [-0.05, 0) is 30.7 Å². The first-order chi connectivity index (χ1) is 19.1. The molecule has 0 bridgehead atoms. The molecule has 0 radical (unpaired) electrons. The van der Waals surface area contributed by atoms with Crippen molar-refractivity contribution in [1.82, 2.24) is 24.6 Å². The monoisotopic (exact) mass is 513 g/mol. The van der Waals surface area contributed by atoms with Crippen LogP contribution < -0.4 is 5.32 Å². The molecule has 6 aromatic rings. The Balaban J connectivity index is 1.48. The Kier molecular flexibility index (Phi) is 5.35. The molecule has 0 atom stereocenters. The van der Waals surface area contributed by atoms with Crippen LogP contribution in [0, 0.1) is 0 Å². The number of rotatable bonds is 6. The van der Waals surface area contributed by atoms with E-state index in [4.69, 9.17) is 5.10 Å². The smallest absolute Gasteiger partial charge is 0.261 e. The summed E-state index contributed by atoms with van der Waals surface area (Å²) < 4.78 is 3.79. The molecule has 0 fully saturated rings. The van der Waals surface area contributed by atoms with Gasteiger partial charge in [-0.1, -0.05) is 54.6 Å². The predicted molar refractivity (Wildman–Crippen MR) is 150 cm³/mol. The van der Waals surface area contributed by atoms with E-state index in [-0.39, 0.29) is 12.2 Å². The minimum absolute atomic E-state index is 0.0274. The number of nitrogens with one attached hydrogen (secondary N) is 1. The predicted octanol–water partition coefficient (Wildman–Crippen LogP) is 4.48. The second-order valence-electron chi connectivity index (χ2n) is 9.52.